The van der Waals surface area contributed by atoms with Crippen LogP contribution in [0.25, 0.3) is 0 Å². The molecule has 0 spiro atoms. The Labute approximate surface area is 161 Å². The molecule has 27 heavy (non-hydrogen) atoms. The third-order valence-electron chi connectivity index (χ3n) is 5.41. The number of hydrogen-bond donors (Lipinski definition) is 1. The van der Waals surface area contributed by atoms with Gasteiger partial charge in [-0.1, -0.05) is 26.8 Å². The van der Waals surface area contributed by atoms with Gasteiger partial charge in [-0.15, -0.1) is 0 Å². The van der Waals surface area contributed by atoms with Crippen LogP contribution in [0.4, 0.5) is 5.82 Å². The number of aromatic nitrogens is 3. The van der Waals surface area contributed by atoms with Crippen LogP contribution in [0.3, 0.4) is 0 Å². The Bertz CT molecular complexity index is 791. The highest BCUT2D eigenvalue weighted by Gasteiger charge is 2.24. The second kappa shape index (κ2) is 8.65. The molecule has 0 unspecified atom stereocenters. The first kappa shape index (κ1) is 19.5. The van der Waals surface area contributed by atoms with Crippen molar-refractivity contribution in [1.29, 1.82) is 0 Å². The summed E-state index contributed by atoms with van der Waals surface area (Å²) in [6, 6.07) is 6.46. The summed E-state index contributed by atoms with van der Waals surface area (Å²) < 4.78 is 0. The Morgan fingerprint density at radius 1 is 1.30 bits per heavy atom. The molecule has 1 N–H and O–H groups in total. The minimum atomic E-state index is -0.0652. The average Bonchev–Trinajstić information content (AvgIpc) is 2.68. The van der Waals surface area contributed by atoms with Crippen LogP contribution < -0.4 is 10.5 Å². The standard InChI is InChI=1S/C21H31N5O/c1-5-16-6-7-17(22-13-16)14-25(4)18-8-10-26(11-9-18)19-12-20(27)24-21(23-19)15(2)3/h6-7,12-13,15,18H,5,8-11,14H2,1-4H3,(H,23,24,27). The van der Waals surface area contributed by atoms with E-state index in [0.717, 1.165) is 56.2 Å². The minimum absolute atomic E-state index is 0.0652. The molecule has 1 fully saturated rings. The molecular weight excluding hydrogens is 338 g/mol. The maximum atomic E-state index is 11.9. The van der Waals surface area contributed by atoms with Crippen molar-refractivity contribution in [3.8, 4) is 0 Å². The van der Waals surface area contributed by atoms with E-state index in [1.165, 1.54) is 5.56 Å². The van der Waals surface area contributed by atoms with Gasteiger partial charge in [0.05, 0.1) is 5.69 Å². The van der Waals surface area contributed by atoms with Crippen LogP contribution in [0.5, 0.6) is 0 Å². The van der Waals surface area contributed by atoms with Crippen LogP contribution in [-0.2, 0) is 13.0 Å². The largest absolute Gasteiger partial charge is 0.356 e. The number of nitrogens with one attached hydrogen (secondary N) is 1. The molecule has 6 nitrogen and oxygen atoms in total. The Balaban J connectivity index is 1.58. The van der Waals surface area contributed by atoms with Crippen molar-refractivity contribution in [1.82, 2.24) is 19.9 Å². The lowest BCUT2D eigenvalue weighted by Gasteiger charge is -2.37. The van der Waals surface area contributed by atoms with E-state index in [-0.39, 0.29) is 11.5 Å². The number of aryl methyl sites for hydroxylation is 1. The molecule has 1 aliphatic rings. The summed E-state index contributed by atoms with van der Waals surface area (Å²) in [7, 11) is 2.18. The predicted octanol–water partition coefficient (Wildman–Crippen LogP) is 2.95. The third kappa shape index (κ3) is 4.95. The minimum Gasteiger partial charge on any atom is -0.356 e. The molecule has 0 aromatic carbocycles. The summed E-state index contributed by atoms with van der Waals surface area (Å²) in [6.07, 6.45) is 5.14. The summed E-state index contributed by atoms with van der Waals surface area (Å²) in [5.41, 5.74) is 2.33. The van der Waals surface area contributed by atoms with Gasteiger partial charge in [0, 0.05) is 43.9 Å². The van der Waals surface area contributed by atoms with Crippen LogP contribution in [0, 0.1) is 0 Å². The number of pyridine rings is 1. The van der Waals surface area contributed by atoms with Gasteiger partial charge in [-0.2, -0.15) is 0 Å². The van der Waals surface area contributed by atoms with E-state index < -0.39 is 0 Å². The molecule has 3 heterocycles. The van der Waals surface area contributed by atoms with Gasteiger partial charge in [0.2, 0.25) is 0 Å². The fourth-order valence-corrected chi connectivity index (χ4v) is 3.58. The SMILES string of the molecule is CCc1ccc(CN(C)C2CCN(c3cc(=O)[nH]c(C(C)C)n3)CC2)nc1. The number of nitrogens with zero attached hydrogens (tertiary/aromatic N) is 4. The van der Waals surface area contributed by atoms with Gasteiger partial charge < -0.3 is 9.88 Å². The van der Waals surface area contributed by atoms with Crippen LogP contribution in [-0.4, -0.2) is 46.0 Å². The van der Waals surface area contributed by atoms with Gasteiger partial charge in [0.25, 0.3) is 5.56 Å². The quantitative estimate of drug-likeness (QED) is 0.848. The molecule has 146 valence electrons. The lowest BCUT2D eigenvalue weighted by atomic mass is 10.0. The van der Waals surface area contributed by atoms with E-state index in [1.54, 1.807) is 6.07 Å². The van der Waals surface area contributed by atoms with Gasteiger partial charge >= 0.3 is 0 Å². The molecule has 0 bridgehead atoms. The molecule has 6 heteroatoms. The van der Waals surface area contributed by atoms with Crippen molar-refractivity contribution >= 4 is 5.82 Å². The van der Waals surface area contributed by atoms with Crippen molar-refractivity contribution in [2.75, 3.05) is 25.0 Å². The fourth-order valence-electron chi connectivity index (χ4n) is 3.58. The van der Waals surface area contributed by atoms with Crippen LogP contribution in [0.1, 0.15) is 56.6 Å². The second-order valence-corrected chi connectivity index (χ2v) is 7.79. The zero-order valence-electron chi connectivity index (χ0n) is 16.9. The number of anilines is 1. The molecule has 0 aliphatic carbocycles. The molecule has 3 rings (SSSR count). The topological polar surface area (TPSA) is 65.1 Å². The number of rotatable bonds is 6. The van der Waals surface area contributed by atoms with Crippen LogP contribution >= 0.6 is 0 Å². The van der Waals surface area contributed by atoms with Gasteiger partial charge in [0.15, 0.2) is 0 Å². The van der Waals surface area contributed by atoms with Gasteiger partial charge in [-0.05, 0) is 37.9 Å². The van der Waals surface area contributed by atoms with Crippen molar-refractivity contribution in [2.24, 2.45) is 0 Å². The zero-order chi connectivity index (χ0) is 19.4. The van der Waals surface area contributed by atoms with Crippen LogP contribution in [0.2, 0.25) is 0 Å². The highest BCUT2D eigenvalue weighted by atomic mass is 16.1. The maximum absolute atomic E-state index is 11.9. The monoisotopic (exact) mass is 369 g/mol. The van der Waals surface area contributed by atoms with E-state index in [9.17, 15) is 4.79 Å². The summed E-state index contributed by atoms with van der Waals surface area (Å²) in [5.74, 6) is 1.78. The summed E-state index contributed by atoms with van der Waals surface area (Å²) in [6.45, 7) is 8.95. The van der Waals surface area contributed by atoms with E-state index in [0.29, 0.717) is 6.04 Å². The van der Waals surface area contributed by atoms with Crippen molar-refractivity contribution in [2.45, 2.75) is 58.5 Å². The Morgan fingerprint density at radius 2 is 2.04 bits per heavy atom. The zero-order valence-corrected chi connectivity index (χ0v) is 16.9. The van der Waals surface area contributed by atoms with Crippen molar-refractivity contribution < 1.29 is 0 Å². The van der Waals surface area contributed by atoms with Crippen LogP contribution in [0.15, 0.2) is 29.2 Å². The Morgan fingerprint density at radius 3 is 2.63 bits per heavy atom. The van der Waals surface area contributed by atoms with Gasteiger partial charge in [-0.25, -0.2) is 4.98 Å². The highest BCUT2D eigenvalue weighted by molar-refractivity contribution is 5.38. The molecule has 2 aromatic rings. The first-order valence-corrected chi connectivity index (χ1v) is 9.96. The summed E-state index contributed by atoms with van der Waals surface area (Å²) in [4.78, 5) is 28.7. The highest BCUT2D eigenvalue weighted by Crippen LogP contribution is 2.21. The molecule has 1 saturated heterocycles. The first-order valence-electron chi connectivity index (χ1n) is 9.96. The molecular formula is C21H31N5O. The normalized spacial score (nSPS) is 15.7. The maximum Gasteiger partial charge on any atom is 0.252 e. The number of piperidine rings is 1. The Kier molecular flexibility index (Phi) is 6.26. The molecule has 0 saturated carbocycles. The lowest BCUT2D eigenvalue weighted by molar-refractivity contribution is 0.198. The lowest BCUT2D eigenvalue weighted by Crippen LogP contribution is -2.43. The number of hydrogen-bond acceptors (Lipinski definition) is 5. The average molecular weight is 370 g/mol. The molecule has 0 radical (unpaired) electrons. The fraction of sp³-hybridized carbons (Fsp3) is 0.571. The van der Waals surface area contributed by atoms with Crippen molar-refractivity contribution in [3.63, 3.8) is 0 Å². The van der Waals surface area contributed by atoms with E-state index in [1.807, 2.05) is 20.0 Å². The number of H-pyrrole nitrogens is 1. The summed E-state index contributed by atoms with van der Waals surface area (Å²) in [5, 5.41) is 0. The molecule has 1 aliphatic heterocycles. The number of aromatic amines is 1. The van der Waals surface area contributed by atoms with E-state index in [2.05, 4.69) is 50.9 Å². The van der Waals surface area contributed by atoms with E-state index >= 15 is 0 Å². The smallest absolute Gasteiger partial charge is 0.252 e. The first-order chi connectivity index (χ1) is 13.0. The molecule has 0 atom stereocenters. The predicted molar refractivity (Wildman–Crippen MR) is 109 cm³/mol. The van der Waals surface area contributed by atoms with E-state index in [4.69, 9.17) is 0 Å². The molecule has 0 amide bonds. The second-order valence-electron chi connectivity index (χ2n) is 7.79. The van der Waals surface area contributed by atoms with Gasteiger partial charge in [0.1, 0.15) is 11.6 Å². The summed E-state index contributed by atoms with van der Waals surface area (Å²) >= 11 is 0. The third-order valence-corrected chi connectivity index (χ3v) is 5.41. The molecule has 2 aromatic heterocycles. The van der Waals surface area contributed by atoms with Gasteiger partial charge in [-0.3, -0.25) is 14.7 Å². The Hall–Kier alpha value is -2.21. The van der Waals surface area contributed by atoms with Crippen molar-refractivity contribution in [3.05, 3.63) is 51.8 Å².